The molecule has 5 rings (SSSR count). The summed E-state index contributed by atoms with van der Waals surface area (Å²) in [5.74, 6) is 0.788. The van der Waals surface area contributed by atoms with E-state index < -0.39 is 0 Å². The number of likely N-dealkylation sites (tertiary alicyclic amines) is 1. The normalized spacial score (nSPS) is 18.7. The lowest BCUT2D eigenvalue weighted by Crippen LogP contribution is -2.39. The summed E-state index contributed by atoms with van der Waals surface area (Å²) in [6, 6.07) is 11.6. The summed E-state index contributed by atoms with van der Waals surface area (Å²) in [7, 11) is 0. The minimum atomic E-state index is 0.0279. The lowest BCUT2D eigenvalue weighted by molar-refractivity contribution is -0.134. The first-order chi connectivity index (χ1) is 18.0. The number of nitrogens with two attached hydrogens (primary N) is 1. The number of amides is 2. The Morgan fingerprint density at radius 2 is 2.00 bits per heavy atom. The predicted octanol–water partition coefficient (Wildman–Crippen LogP) is 3.70. The number of hydrogen-bond donors (Lipinski definition) is 2. The highest BCUT2D eigenvalue weighted by Gasteiger charge is 2.28. The van der Waals surface area contributed by atoms with Crippen molar-refractivity contribution in [2.24, 2.45) is 11.7 Å². The van der Waals surface area contributed by atoms with E-state index in [1.165, 1.54) is 5.57 Å². The lowest BCUT2D eigenvalue weighted by Gasteiger charge is -2.28. The SMILES string of the molecule is CC[C@@H](C)C(=O)N1CC=C(c2cccn3nc(Nc4ccc(C(=O)N5CCCC5CN)cc4)nc23)CC1. The summed E-state index contributed by atoms with van der Waals surface area (Å²) in [6.45, 7) is 6.63. The molecule has 1 aromatic carbocycles. The molecule has 2 aliphatic rings. The minimum absolute atomic E-state index is 0.0279. The van der Waals surface area contributed by atoms with E-state index in [4.69, 9.17) is 10.7 Å². The monoisotopic (exact) mass is 501 g/mol. The smallest absolute Gasteiger partial charge is 0.254 e. The largest absolute Gasteiger partial charge is 0.338 e. The molecule has 37 heavy (non-hydrogen) atoms. The molecule has 3 N–H and O–H groups in total. The Bertz CT molecular complexity index is 1310. The third-order valence-corrected chi connectivity index (χ3v) is 7.56. The zero-order valence-electron chi connectivity index (χ0n) is 21.6. The molecule has 0 radical (unpaired) electrons. The molecule has 1 fully saturated rings. The van der Waals surface area contributed by atoms with Crippen LogP contribution in [0.4, 0.5) is 11.6 Å². The summed E-state index contributed by atoms with van der Waals surface area (Å²) < 4.78 is 1.77. The number of nitrogens with one attached hydrogen (secondary N) is 1. The number of carbonyl (C=O) groups excluding carboxylic acids is 2. The quantitative estimate of drug-likeness (QED) is 0.511. The van der Waals surface area contributed by atoms with Crippen molar-refractivity contribution in [3.05, 3.63) is 59.8 Å². The average Bonchev–Trinajstić information content (AvgIpc) is 3.59. The van der Waals surface area contributed by atoms with Gasteiger partial charge in [0.25, 0.3) is 5.91 Å². The summed E-state index contributed by atoms with van der Waals surface area (Å²) in [5.41, 5.74) is 10.3. The number of hydrogen-bond acceptors (Lipinski definition) is 6. The topological polar surface area (TPSA) is 109 Å². The molecule has 0 bridgehead atoms. The molecular weight excluding hydrogens is 466 g/mol. The highest BCUT2D eigenvalue weighted by molar-refractivity contribution is 5.95. The van der Waals surface area contributed by atoms with Gasteiger partial charge < -0.3 is 20.9 Å². The second kappa shape index (κ2) is 10.7. The Balaban J connectivity index is 1.30. The van der Waals surface area contributed by atoms with Gasteiger partial charge >= 0.3 is 0 Å². The van der Waals surface area contributed by atoms with Gasteiger partial charge in [0.15, 0.2) is 5.65 Å². The van der Waals surface area contributed by atoms with Crippen LogP contribution in [0.5, 0.6) is 0 Å². The van der Waals surface area contributed by atoms with Gasteiger partial charge in [0.1, 0.15) is 0 Å². The van der Waals surface area contributed by atoms with Gasteiger partial charge in [0.2, 0.25) is 11.9 Å². The number of rotatable bonds is 7. The second-order valence-corrected chi connectivity index (χ2v) is 9.93. The van der Waals surface area contributed by atoms with Crippen LogP contribution < -0.4 is 11.1 Å². The van der Waals surface area contributed by atoms with Crippen LogP contribution in [0.3, 0.4) is 0 Å². The van der Waals surface area contributed by atoms with Gasteiger partial charge in [-0.15, -0.1) is 5.10 Å². The highest BCUT2D eigenvalue weighted by Crippen LogP contribution is 2.27. The van der Waals surface area contributed by atoms with Crippen molar-refractivity contribution in [3.63, 3.8) is 0 Å². The van der Waals surface area contributed by atoms with Gasteiger partial charge in [-0.2, -0.15) is 4.98 Å². The molecular formula is C28H35N7O2. The van der Waals surface area contributed by atoms with Gasteiger partial charge in [-0.1, -0.05) is 19.9 Å². The van der Waals surface area contributed by atoms with Crippen LogP contribution in [-0.2, 0) is 4.79 Å². The second-order valence-electron chi connectivity index (χ2n) is 9.93. The van der Waals surface area contributed by atoms with E-state index in [0.29, 0.717) is 31.1 Å². The fourth-order valence-electron chi connectivity index (χ4n) is 5.15. The van der Waals surface area contributed by atoms with Crippen molar-refractivity contribution in [1.82, 2.24) is 24.4 Å². The number of aromatic nitrogens is 3. The van der Waals surface area contributed by atoms with Crippen LogP contribution in [0.25, 0.3) is 11.2 Å². The molecule has 9 heteroatoms. The van der Waals surface area contributed by atoms with Gasteiger partial charge in [-0.25, -0.2) is 4.52 Å². The third-order valence-electron chi connectivity index (χ3n) is 7.56. The molecule has 3 aromatic rings. The van der Waals surface area contributed by atoms with E-state index in [9.17, 15) is 9.59 Å². The molecule has 0 aliphatic carbocycles. The van der Waals surface area contributed by atoms with Crippen molar-refractivity contribution >= 4 is 34.7 Å². The molecule has 0 saturated carbocycles. The Labute approximate surface area is 217 Å². The maximum atomic E-state index is 12.9. The van der Waals surface area contributed by atoms with Crippen molar-refractivity contribution in [1.29, 1.82) is 0 Å². The first-order valence-corrected chi connectivity index (χ1v) is 13.2. The van der Waals surface area contributed by atoms with Gasteiger partial charge in [-0.05, 0) is 67.7 Å². The number of anilines is 2. The van der Waals surface area contributed by atoms with Crippen molar-refractivity contribution in [2.75, 3.05) is 31.5 Å². The summed E-state index contributed by atoms with van der Waals surface area (Å²) in [4.78, 5) is 34.0. The number of fused-ring (bicyclic) bond motifs is 1. The average molecular weight is 502 g/mol. The van der Waals surface area contributed by atoms with Crippen LogP contribution in [0.15, 0.2) is 48.7 Å². The number of benzene rings is 1. The molecule has 9 nitrogen and oxygen atoms in total. The molecule has 2 aliphatic heterocycles. The van der Waals surface area contributed by atoms with E-state index in [2.05, 4.69) is 22.6 Å². The maximum Gasteiger partial charge on any atom is 0.254 e. The van der Waals surface area contributed by atoms with Crippen LogP contribution >= 0.6 is 0 Å². The molecule has 2 atom stereocenters. The molecule has 1 unspecified atom stereocenters. The Kier molecular flexibility index (Phi) is 7.23. The van der Waals surface area contributed by atoms with Crippen molar-refractivity contribution < 1.29 is 9.59 Å². The van der Waals surface area contributed by atoms with Crippen LogP contribution in [0.2, 0.25) is 0 Å². The van der Waals surface area contributed by atoms with Gasteiger partial charge in [0.05, 0.1) is 0 Å². The Morgan fingerprint density at radius 3 is 2.70 bits per heavy atom. The van der Waals surface area contributed by atoms with Crippen LogP contribution in [0.1, 0.15) is 55.5 Å². The van der Waals surface area contributed by atoms with Crippen LogP contribution in [0, 0.1) is 5.92 Å². The van der Waals surface area contributed by atoms with E-state index in [-0.39, 0.29) is 23.8 Å². The molecule has 1 saturated heterocycles. The first-order valence-electron chi connectivity index (χ1n) is 13.2. The van der Waals surface area contributed by atoms with E-state index in [1.807, 2.05) is 60.2 Å². The zero-order valence-corrected chi connectivity index (χ0v) is 21.6. The van der Waals surface area contributed by atoms with Crippen molar-refractivity contribution in [2.45, 2.75) is 45.6 Å². The fraction of sp³-hybridized carbons (Fsp3) is 0.429. The first kappa shape index (κ1) is 25.0. The summed E-state index contributed by atoms with van der Waals surface area (Å²) in [5, 5.41) is 7.86. The standard InChI is InChI=1S/C28H35N7O2/c1-3-19(2)26(36)33-16-12-20(13-17-33)24-7-5-15-35-25(24)31-28(32-35)30-22-10-8-21(9-11-22)27(37)34-14-4-6-23(34)18-29/h5,7-12,15,19,23H,3-4,6,13-14,16-18,29H2,1-2H3,(H,30,32)/t19-,23?/m1/s1. The van der Waals surface area contributed by atoms with Crippen LogP contribution in [-0.4, -0.2) is 68.4 Å². The van der Waals surface area contributed by atoms with E-state index >= 15 is 0 Å². The third kappa shape index (κ3) is 5.09. The maximum absolute atomic E-state index is 12.9. The molecule has 0 spiro atoms. The van der Waals surface area contributed by atoms with Crippen molar-refractivity contribution in [3.8, 4) is 0 Å². The summed E-state index contributed by atoms with van der Waals surface area (Å²) in [6.07, 6.45) is 7.62. The fourth-order valence-corrected chi connectivity index (χ4v) is 5.15. The Morgan fingerprint density at radius 1 is 1.19 bits per heavy atom. The molecule has 2 amide bonds. The minimum Gasteiger partial charge on any atom is -0.338 e. The Hall–Kier alpha value is -3.72. The van der Waals surface area contributed by atoms with E-state index in [0.717, 1.165) is 49.1 Å². The zero-order chi connectivity index (χ0) is 25.9. The lowest BCUT2D eigenvalue weighted by atomic mass is 9.99. The number of nitrogens with zero attached hydrogens (tertiary/aromatic N) is 5. The molecule has 194 valence electrons. The highest BCUT2D eigenvalue weighted by atomic mass is 16.2. The molecule has 2 aromatic heterocycles. The predicted molar refractivity (Wildman–Crippen MR) is 144 cm³/mol. The molecule has 4 heterocycles. The number of carbonyl (C=O) groups is 2. The van der Waals surface area contributed by atoms with Gasteiger partial charge in [0, 0.05) is 61.1 Å². The van der Waals surface area contributed by atoms with Gasteiger partial charge in [-0.3, -0.25) is 9.59 Å². The number of pyridine rings is 1. The summed E-state index contributed by atoms with van der Waals surface area (Å²) >= 11 is 0. The van der Waals surface area contributed by atoms with E-state index in [1.54, 1.807) is 4.52 Å².